The molecule has 0 aliphatic rings. The van der Waals surface area contributed by atoms with Gasteiger partial charge in [0.05, 0.1) is 24.4 Å². The highest BCUT2D eigenvalue weighted by atomic mass is 16.2. The number of nitrogens with two attached hydrogens (primary N) is 1. The van der Waals surface area contributed by atoms with Crippen LogP contribution in [0.25, 0.3) is 0 Å². The van der Waals surface area contributed by atoms with E-state index in [2.05, 4.69) is 11.2 Å². The van der Waals surface area contributed by atoms with Crippen LogP contribution in [0.15, 0.2) is 12.4 Å². The van der Waals surface area contributed by atoms with E-state index in [1.54, 1.807) is 11.1 Å². The number of rotatable bonds is 6. The van der Waals surface area contributed by atoms with Gasteiger partial charge in [-0.1, -0.05) is 13.8 Å². The minimum atomic E-state index is -0.0398. The van der Waals surface area contributed by atoms with E-state index in [1.165, 1.54) is 10.9 Å². The second-order valence-corrected chi connectivity index (χ2v) is 4.61. The van der Waals surface area contributed by atoms with Gasteiger partial charge in [0.2, 0.25) is 5.91 Å². The summed E-state index contributed by atoms with van der Waals surface area (Å²) in [7, 11) is 0. The smallest absolute Gasteiger partial charge is 0.244 e. The van der Waals surface area contributed by atoms with Gasteiger partial charge < -0.3 is 10.6 Å². The summed E-state index contributed by atoms with van der Waals surface area (Å²) in [5.74, 6) is 0.331. The molecule has 0 fully saturated rings. The van der Waals surface area contributed by atoms with Crippen LogP contribution in [0.4, 0.5) is 5.69 Å². The van der Waals surface area contributed by atoms with Gasteiger partial charge in [0.15, 0.2) is 0 Å². The van der Waals surface area contributed by atoms with Crippen molar-refractivity contribution in [2.45, 2.75) is 26.8 Å². The topological polar surface area (TPSA) is 87.9 Å². The summed E-state index contributed by atoms with van der Waals surface area (Å²) < 4.78 is 1.51. The zero-order valence-corrected chi connectivity index (χ0v) is 10.8. The van der Waals surface area contributed by atoms with Gasteiger partial charge in [0, 0.05) is 19.3 Å². The molecule has 1 aromatic rings. The van der Waals surface area contributed by atoms with Crippen molar-refractivity contribution in [1.82, 2.24) is 14.7 Å². The van der Waals surface area contributed by atoms with Gasteiger partial charge in [-0.15, -0.1) is 0 Å². The van der Waals surface area contributed by atoms with Crippen molar-refractivity contribution in [2.75, 3.05) is 18.8 Å². The first-order chi connectivity index (χ1) is 8.52. The van der Waals surface area contributed by atoms with Crippen molar-refractivity contribution in [3.63, 3.8) is 0 Å². The molecule has 1 heterocycles. The molecule has 0 saturated heterocycles. The zero-order valence-electron chi connectivity index (χ0n) is 10.8. The molecule has 0 radical (unpaired) electrons. The summed E-state index contributed by atoms with van der Waals surface area (Å²) >= 11 is 0. The van der Waals surface area contributed by atoms with Crippen LogP contribution in [0.2, 0.25) is 0 Å². The number of anilines is 1. The second-order valence-electron chi connectivity index (χ2n) is 4.61. The third-order valence-electron chi connectivity index (χ3n) is 2.38. The molecule has 6 nitrogen and oxygen atoms in total. The lowest BCUT2D eigenvalue weighted by molar-refractivity contribution is -0.132. The Morgan fingerprint density at radius 3 is 2.89 bits per heavy atom. The highest BCUT2D eigenvalue weighted by Crippen LogP contribution is 2.04. The molecule has 0 bridgehead atoms. The highest BCUT2D eigenvalue weighted by molar-refractivity contribution is 5.76. The minimum Gasteiger partial charge on any atom is -0.396 e. The summed E-state index contributed by atoms with van der Waals surface area (Å²) in [6.07, 6.45) is 3.48. The van der Waals surface area contributed by atoms with Crippen LogP contribution in [-0.2, 0) is 11.3 Å². The first kappa shape index (κ1) is 14.0. The summed E-state index contributed by atoms with van der Waals surface area (Å²) in [4.78, 5) is 13.8. The zero-order chi connectivity index (χ0) is 13.5. The Morgan fingerprint density at radius 1 is 1.67 bits per heavy atom. The SMILES string of the molecule is CC(C)CN(CCC#N)C(=O)Cn1cc(N)cn1. The van der Waals surface area contributed by atoms with Crippen molar-refractivity contribution in [1.29, 1.82) is 5.26 Å². The fourth-order valence-corrected chi connectivity index (χ4v) is 1.65. The summed E-state index contributed by atoms with van der Waals surface area (Å²) in [5, 5.41) is 12.6. The average molecular weight is 249 g/mol. The largest absolute Gasteiger partial charge is 0.396 e. The van der Waals surface area contributed by atoms with Crippen molar-refractivity contribution in [3.8, 4) is 6.07 Å². The molecule has 0 aromatic carbocycles. The molecule has 2 N–H and O–H groups in total. The maximum atomic E-state index is 12.1. The fraction of sp³-hybridized carbons (Fsp3) is 0.583. The van der Waals surface area contributed by atoms with Crippen LogP contribution in [-0.4, -0.2) is 33.7 Å². The number of amides is 1. The number of aromatic nitrogens is 2. The second kappa shape index (κ2) is 6.64. The van der Waals surface area contributed by atoms with Crippen LogP contribution >= 0.6 is 0 Å². The van der Waals surface area contributed by atoms with Crippen LogP contribution in [0.3, 0.4) is 0 Å². The van der Waals surface area contributed by atoms with Gasteiger partial charge in [0.1, 0.15) is 6.54 Å². The van der Waals surface area contributed by atoms with E-state index >= 15 is 0 Å². The maximum absolute atomic E-state index is 12.1. The normalized spacial score (nSPS) is 10.3. The quantitative estimate of drug-likeness (QED) is 0.810. The molecule has 18 heavy (non-hydrogen) atoms. The highest BCUT2D eigenvalue weighted by Gasteiger charge is 2.15. The predicted octanol–water partition coefficient (Wildman–Crippen LogP) is 0.864. The van der Waals surface area contributed by atoms with Gasteiger partial charge >= 0.3 is 0 Å². The number of hydrogen-bond acceptors (Lipinski definition) is 4. The van der Waals surface area contributed by atoms with Gasteiger partial charge in [0.25, 0.3) is 0 Å². The molecule has 1 aromatic heterocycles. The van der Waals surface area contributed by atoms with E-state index in [-0.39, 0.29) is 12.5 Å². The first-order valence-corrected chi connectivity index (χ1v) is 5.95. The van der Waals surface area contributed by atoms with E-state index in [1.807, 2.05) is 13.8 Å². The summed E-state index contributed by atoms with van der Waals surface area (Å²) in [5.41, 5.74) is 6.08. The maximum Gasteiger partial charge on any atom is 0.244 e. The molecule has 0 atom stereocenters. The van der Waals surface area contributed by atoms with E-state index in [4.69, 9.17) is 11.0 Å². The molecule has 1 rings (SSSR count). The Kier molecular flexibility index (Phi) is 5.18. The van der Waals surface area contributed by atoms with Crippen LogP contribution in [0.1, 0.15) is 20.3 Å². The molecular formula is C12H19N5O. The van der Waals surface area contributed by atoms with Crippen LogP contribution in [0, 0.1) is 17.2 Å². The average Bonchev–Trinajstić information content (AvgIpc) is 2.69. The fourth-order valence-electron chi connectivity index (χ4n) is 1.65. The Hall–Kier alpha value is -2.03. The number of carbonyl (C=O) groups excluding carboxylic acids is 1. The lowest BCUT2D eigenvalue weighted by Crippen LogP contribution is -2.37. The molecule has 98 valence electrons. The molecule has 6 heteroatoms. The number of nitrogen functional groups attached to an aromatic ring is 1. The van der Waals surface area contributed by atoms with Crippen molar-refractivity contribution < 1.29 is 4.79 Å². The van der Waals surface area contributed by atoms with Gasteiger partial charge in [-0.3, -0.25) is 9.48 Å². The van der Waals surface area contributed by atoms with Crippen molar-refractivity contribution >= 4 is 11.6 Å². The first-order valence-electron chi connectivity index (χ1n) is 5.95. The molecule has 0 saturated carbocycles. The van der Waals surface area contributed by atoms with Crippen molar-refractivity contribution in [3.05, 3.63) is 12.4 Å². The van der Waals surface area contributed by atoms with E-state index < -0.39 is 0 Å². The summed E-state index contributed by atoms with van der Waals surface area (Å²) in [6, 6.07) is 2.06. The summed E-state index contributed by atoms with van der Waals surface area (Å²) in [6.45, 7) is 5.36. The Balaban J connectivity index is 2.60. The van der Waals surface area contributed by atoms with Crippen molar-refractivity contribution in [2.24, 2.45) is 5.92 Å². The van der Waals surface area contributed by atoms with E-state index in [9.17, 15) is 4.79 Å². The van der Waals surface area contributed by atoms with E-state index in [0.29, 0.717) is 31.1 Å². The standard InChI is InChI=1S/C12H19N5O/c1-10(2)7-16(5-3-4-13)12(18)9-17-8-11(14)6-15-17/h6,8,10H,3,5,7,9,14H2,1-2H3. The number of nitriles is 1. The Labute approximate surface area is 107 Å². The molecular weight excluding hydrogens is 230 g/mol. The Morgan fingerprint density at radius 2 is 2.39 bits per heavy atom. The predicted molar refractivity (Wildman–Crippen MR) is 68.3 cm³/mol. The lowest BCUT2D eigenvalue weighted by atomic mass is 10.2. The monoisotopic (exact) mass is 249 g/mol. The number of nitrogens with zero attached hydrogens (tertiary/aromatic N) is 4. The van der Waals surface area contributed by atoms with Gasteiger partial charge in [-0.2, -0.15) is 10.4 Å². The Bertz CT molecular complexity index is 432. The lowest BCUT2D eigenvalue weighted by Gasteiger charge is -2.23. The van der Waals surface area contributed by atoms with E-state index in [0.717, 1.165) is 0 Å². The molecule has 0 aliphatic heterocycles. The number of hydrogen-bond donors (Lipinski definition) is 1. The minimum absolute atomic E-state index is 0.0398. The molecule has 0 spiro atoms. The molecule has 0 unspecified atom stereocenters. The van der Waals surface area contributed by atoms with Gasteiger partial charge in [-0.25, -0.2) is 0 Å². The van der Waals surface area contributed by atoms with Crippen LogP contribution in [0.5, 0.6) is 0 Å². The van der Waals surface area contributed by atoms with Gasteiger partial charge in [-0.05, 0) is 5.92 Å². The third kappa shape index (κ3) is 4.45. The molecule has 1 amide bonds. The number of carbonyl (C=O) groups is 1. The third-order valence-corrected chi connectivity index (χ3v) is 2.38. The molecule has 0 aliphatic carbocycles. The van der Waals surface area contributed by atoms with Crippen LogP contribution < -0.4 is 5.73 Å².